The Hall–Kier alpha value is -3.33. The lowest BCUT2D eigenvalue weighted by Crippen LogP contribution is -2.42. The largest absolute Gasteiger partial charge is 0.495 e. The van der Waals surface area contributed by atoms with Crippen molar-refractivity contribution in [2.75, 3.05) is 26.1 Å². The van der Waals surface area contributed by atoms with Crippen molar-refractivity contribution in [1.82, 2.24) is 10.2 Å². The van der Waals surface area contributed by atoms with Crippen LogP contribution in [-0.2, 0) is 15.1 Å². The normalized spacial score (nSPS) is 18.2. The average molecular weight is 436 g/mol. The van der Waals surface area contributed by atoms with E-state index in [4.69, 9.17) is 21.1 Å². The fourth-order valence-corrected chi connectivity index (χ4v) is 3.42. The summed E-state index contributed by atoms with van der Waals surface area (Å²) in [6, 6.07) is 7.73. The van der Waals surface area contributed by atoms with Crippen LogP contribution < -0.4 is 20.1 Å². The summed E-state index contributed by atoms with van der Waals surface area (Å²) in [6.07, 6.45) is 0. The van der Waals surface area contributed by atoms with Crippen molar-refractivity contribution in [3.63, 3.8) is 0 Å². The van der Waals surface area contributed by atoms with Crippen LogP contribution in [0.15, 0.2) is 36.4 Å². The van der Waals surface area contributed by atoms with Gasteiger partial charge in [-0.1, -0.05) is 29.8 Å². The summed E-state index contributed by atoms with van der Waals surface area (Å²) in [5, 5.41) is 5.24. The first-order valence-electron chi connectivity index (χ1n) is 8.81. The molecule has 1 unspecified atom stereocenters. The SMILES string of the molecule is COc1cc(OC)c(NC(=O)CN2C(=O)NC(C)(c3ccccc3F)C2=O)cc1Cl. The Morgan fingerprint density at radius 3 is 2.50 bits per heavy atom. The molecule has 0 radical (unpaired) electrons. The number of carbonyl (C=O) groups excluding carboxylic acids is 3. The molecule has 0 aromatic heterocycles. The zero-order valence-corrected chi connectivity index (χ0v) is 17.2. The maximum absolute atomic E-state index is 14.2. The summed E-state index contributed by atoms with van der Waals surface area (Å²) in [4.78, 5) is 38.5. The second-order valence-electron chi connectivity index (χ2n) is 6.66. The number of hydrogen-bond acceptors (Lipinski definition) is 5. The Morgan fingerprint density at radius 1 is 1.20 bits per heavy atom. The van der Waals surface area contributed by atoms with E-state index in [1.54, 1.807) is 6.07 Å². The maximum Gasteiger partial charge on any atom is 0.325 e. The molecule has 1 aliphatic rings. The quantitative estimate of drug-likeness (QED) is 0.680. The Labute approximate surface area is 176 Å². The highest BCUT2D eigenvalue weighted by molar-refractivity contribution is 6.32. The molecule has 8 nitrogen and oxygen atoms in total. The Morgan fingerprint density at radius 2 is 1.87 bits per heavy atom. The van der Waals surface area contributed by atoms with Crippen LogP contribution in [0.25, 0.3) is 0 Å². The summed E-state index contributed by atoms with van der Waals surface area (Å²) in [7, 11) is 2.83. The lowest BCUT2D eigenvalue weighted by atomic mass is 9.91. The summed E-state index contributed by atoms with van der Waals surface area (Å²) < 4.78 is 24.5. The number of hydrogen-bond donors (Lipinski definition) is 2. The minimum absolute atomic E-state index is 0.00913. The third-order valence-electron chi connectivity index (χ3n) is 4.74. The molecular formula is C20H19ClFN3O5. The van der Waals surface area contributed by atoms with Crippen molar-refractivity contribution in [3.05, 3.63) is 52.8 Å². The van der Waals surface area contributed by atoms with E-state index in [9.17, 15) is 18.8 Å². The Balaban J connectivity index is 1.79. The molecule has 1 heterocycles. The van der Waals surface area contributed by atoms with Gasteiger partial charge in [0.25, 0.3) is 5.91 Å². The summed E-state index contributed by atoms with van der Waals surface area (Å²) in [6.45, 7) is 0.803. The van der Waals surface area contributed by atoms with Gasteiger partial charge in [-0.3, -0.25) is 14.5 Å². The zero-order valence-electron chi connectivity index (χ0n) is 16.4. The highest BCUT2D eigenvalue weighted by Gasteiger charge is 2.50. The molecule has 2 aromatic rings. The number of nitrogens with zero attached hydrogens (tertiary/aromatic N) is 1. The van der Waals surface area contributed by atoms with Gasteiger partial charge in [0.1, 0.15) is 29.4 Å². The lowest BCUT2D eigenvalue weighted by Gasteiger charge is -2.22. The van der Waals surface area contributed by atoms with E-state index >= 15 is 0 Å². The van der Waals surface area contributed by atoms with Crippen LogP contribution in [0.4, 0.5) is 14.9 Å². The number of ether oxygens (including phenoxy) is 2. The number of methoxy groups -OCH3 is 2. The molecule has 3 rings (SSSR count). The molecule has 0 saturated carbocycles. The molecular weight excluding hydrogens is 417 g/mol. The van der Waals surface area contributed by atoms with E-state index in [1.807, 2.05) is 0 Å². The molecule has 0 bridgehead atoms. The van der Waals surface area contributed by atoms with Gasteiger partial charge in [0.05, 0.1) is 24.9 Å². The van der Waals surface area contributed by atoms with Crippen LogP contribution in [0.5, 0.6) is 11.5 Å². The van der Waals surface area contributed by atoms with Gasteiger partial charge >= 0.3 is 6.03 Å². The molecule has 30 heavy (non-hydrogen) atoms. The van der Waals surface area contributed by atoms with Crippen LogP contribution in [-0.4, -0.2) is 43.5 Å². The number of anilines is 1. The first kappa shape index (κ1) is 21.4. The molecule has 1 saturated heterocycles. The second kappa shape index (κ2) is 8.19. The van der Waals surface area contributed by atoms with Crippen molar-refractivity contribution >= 4 is 35.1 Å². The fraction of sp³-hybridized carbons (Fsp3) is 0.250. The van der Waals surface area contributed by atoms with E-state index in [-0.39, 0.29) is 22.0 Å². The minimum Gasteiger partial charge on any atom is -0.495 e. The molecule has 158 valence electrons. The van der Waals surface area contributed by atoms with Gasteiger partial charge in [-0.15, -0.1) is 0 Å². The topological polar surface area (TPSA) is 97.0 Å². The number of benzene rings is 2. The molecule has 1 aliphatic heterocycles. The molecule has 4 amide bonds. The zero-order chi connectivity index (χ0) is 22.1. The van der Waals surface area contributed by atoms with Crippen LogP contribution in [0, 0.1) is 5.82 Å². The van der Waals surface area contributed by atoms with E-state index in [0.717, 1.165) is 4.90 Å². The predicted octanol–water partition coefficient (Wildman–Crippen LogP) is 2.90. The number of halogens is 2. The van der Waals surface area contributed by atoms with Crippen LogP contribution in [0.2, 0.25) is 5.02 Å². The number of imide groups is 1. The van der Waals surface area contributed by atoms with Crippen LogP contribution in [0.1, 0.15) is 12.5 Å². The molecule has 2 aromatic carbocycles. The fourth-order valence-electron chi connectivity index (χ4n) is 3.18. The van der Waals surface area contributed by atoms with E-state index < -0.39 is 35.7 Å². The highest BCUT2D eigenvalue weighted by atomic mass is 35.5. The van der Waals surface area contributed by atoms with Gasteiger partial charge in [-0.25, -0.2) is 9.18 Å². The molecule has 1 fully saturated rings. The highest BCUT2D eigenvalue weighted by Crippen LogP contribution is 2.36. The summed E-state index contributed by atoms with van der Waals surface area (Å²) in [5.74, 6) is -1.43. The Bertz CT molecular complexity index is 1030. The third kappa shape index (κ3) is 3.76. The molecule has 2 N–H and O–H groups in total. The molecule has 0 spiro atoms. The van der Waals surface area contributed by atoms with Crippen molar-refractivity contribution < 1.29 is 28.2 Å². The van der Waals surface area contributed by atoms with Crippen molar-refractivity contribution in [1.29, 1.82) is 0 Å². The number of amides is 4. The number of nitrogens with one attached hydrogen (secondary N) is 2. The lowest BCUT2D eigenvalue weighted by molar-refractivity contribution is -0.133. The first-order chi connectivity index (χ1) is 14.2. The monoisotopic (exact) mass is 435 g/mol. The van der Waals surface area contributed by atoms with Gasteiger partial charge in [0, 0.05) is 11.6 Å². The van der Waals surface area contributed by atoms with E-state index in [0.29, 0.717) is 5.75 Å². The maximum atomic E-state index is 14.2. The van der Waals surface area contributed by atoms with E-state index in [2.05, 4.69) is 10.6 Å². The van der Waals surface area contributed by atoms with Gasteiger partial charge in [0.2, 0.25) is 5.91 Å². The van der Waals surface area contributed by atoms with Crippen molar-refractivity contribution in [3.8, 4) is 11.5 Å². The second-order valence-corrected chi connectivity index (χ2v) is 7.07. The number of rotatable bonds is 6. The summed E-state index contributed by atoms with van der Waals surface area (Å²) in [5.41, 5.74) is -1.38. The predicted molar refractivity (Wildman–Crippen MR) is 107 cm³/mol. The molecule has 10 heteroatoms. The smallest absolute Gasteiger partial charge is 0.325 e. The van der Waals surface area contributed by atoms with Crippen LogP contribution >= 0.6 is 11.6 Å². The van der Waals surface area contributed by atoms with Gasteiger partial charge in [-0.05, 0) is 19.1 Å². The summed E-state index contributed by atoms with van der Waals surface area (Å²) >= 11 is 6.08. The minimum atomic E-state index is -1.62. The third-order valence-corrected chi connectivity index (χ3v) is 5.03. The van der Waals surface area contributed by atoms with Gasteiger partial charge in [-0.2, -0.15) is 0 Å². The first-order valence-corrected chi connectivity index (χ1v) is 9.19. The number of carbonyl (C=O) groups is 3. The van der Waals surface area contributed by atoms with Crippen LogP contribution in [0.3, 0.4) is 0 Å². The van der Waals surface area contributed by atoms with Gasteiger partial charge < -0.3 is 20.1 Å². The number of urea groups is 1. The molecule has 1 atom stereocenters. The van der Waals surface area contributed by atoms with Crippen molar-refractivity contribution in [2.45, 2.75) is 12.5 Å². The molecule has 0 aliphatic carbocycles. The van der Waals surface area contributed by atoms with E-state index in [1.165, 1.54) is 51.5 Å². The Kier molecular flexibility index (Phi) is 5.84. The van der Waals surface area contributed by atoms with Gasteiger partial charge in [0.15, 0.2) is 0 Å². The standard InChI is InChI=1S/C20H19ClFN3O5/c1-20(11-6-4-5-7-13(11)22)18(27)25(19(28)24-20)10-17(26)23-14-8-12(21)15(29-2)9-16(14)30-3/h4-9H,10H2,1-3H3,(H,23,26)(H,24,28). The average Bonchev–Trinajstić information content (AvgIpc) is 2.92. The van der Waals surface area contributed by atoms with Crippen molar-refractivity contribution in [2.24, 2.45) is 0 Å².